The van der Waals surface area contributed by atoms with E-state index < -0.39 is 11.7 Å². The van der Waals surface area contributed by atoms with Crippen molar-refractivity contribution < 1.29 is 18.7 Å². The lowest BCUT2D eigenvalue weighted by atomic mass is 9.91. The fraction of sp³-hybridized carbons (Fsp3) is 0.421. The molecule has 2 aliphatic rings. The third kappa shape index (κ3) is 9.10. The number of benzene rings is 2. The zero-order valence-electron chi connectivity index (χ0n) is 28.6. The molecule has 1 saturated heterocycles. The van der Waals surface area contributed by atoms with Crippen LogP contribution in [0.4, 0.5) is 4.39 Å². The number of nitrogens with one attached hydrogen (secondary N) is 2. The molecule has 1 aliphatic carbocycles. The topological polar surface area (TPSA) is 105 Å². The quantitative estimate of drug-likeness (QED) is 0.234. The van der Waals surface area contributed by atoms with Crippen LogP contribution in [0.5, 0.6) is 11.6 Å². The van der Waals surface area contributed by atoms with Crippen LogP contribution >= 0.6 is 0 Å². The molecule has 1 aliphatic heterocycles. The molecule has 49 heavy (non-hydrogen) atoms. The van der Waals surface area contributed by atoms with Crippen molar-refractivity contribution in [2.75, 3.05) is 39.8 Å². The number of rotatable bonds is 10. The van der Waals surface area contributed by atoms with Crippen molar-refractivity contribution in [2.45, 2.75) is 57.5 Å². The Morgan fingerprint density at radius 2 is 1.61 bits per heavy atom. The van der Waals surface area contributed by atoms with Gasteiger partial charge in [-0.3, -0.25) is 14.3 Å². The van der Waals surface area contributed by atoms with Crippen LogP contribution in [0, 0.1) is 12.7 Å². The van der Waals surface area contributed by atoms with Crippen LogP contribution < -0.4 is 15.4 Å². The molecule has 2 N–H and O–H groups in total. The van der Waals surface area contributed by atoms with Gasteiger partial charge in [0.05, 0.1) is 6.20 Å². The Kier molecular flexibility index (Phi) is 11.0. The molecule has 0 atom stereocenters. The second-order valence-electron chi connectivity index (χ2n) is 13.4. The van der Waals surface area contributed by atoms with Crippen LogP contribution in [-0.2, 0) is 13.5 Å². The summed E-state index contributed by atoms with van der Waals surface area (Å²) in [6, 6.07) is 19.0. The molecular weight excluding hydrogens is 621 g/mol. The minimum Gasteiger partial charge on any atom is -0.438 e. The zero-order valence-corrected chi connectivity index (χ0v) is 28.6. The minimum atomic E-state index is -0.620. The van der Waals surface area contributed by atoms with Gasteiger partial charge in [-0.2, -0.15) is 5.10 Å². The first-order valence-corrected chi connectivity index (χ1v) is 17.3. The van der Waals surface area contributed by atoms with Crippen molar-refractivity contribution in [3.63, 3.8) is 0 Å². The van der Waals surface area contributed by atoms with Gasteiger partial charge in [0.15, 0.2) is 0 Å². The first-order valence-electron chi connectivity index (χ1n) is 17.3. The molecule has 0 unspecified atom stereocenters. The van der Waals surface area contributed by atoms with E-state index in [0.29, 0.717) is 37.1 Å². The summed E-state index contributed by atoms with van der Waals surface area (Å²) < 4.78 is 22.1. The monoisotopic (exact) mass is 667 g/mol. The van der Waals surface area contributed by atoms with Gasteiger partial charge in [0.2, 0.25) is 5.88 Å². The molecule has 2 aromatic heterocycles. The van der Waals surface area contributed by atoms with Gasteiger partial charge in [-0.15, -0.1) is 0 Å². The van der Waals surface area contributed by atoms with Crippen LogP contribution in [0.15, 0.2) is 66.9 Å². The Morgan fingerprint density at radius 1 is 0.878 bits per heavy atom. The summed E-state index contributed by atoms with van der Waals surface area (Å²) >= 11 is 0. The number of aryl methyl sites for hydroxylation is 2. The molecule has 0 spiro atoms. The van der Waals surface area contributed by atoms with E-state index in [9.17, 15) is 14.0 Å². The van der Waals surface area contributed by atoms with Crippen molar-refractivity contribution in [1.82, 2.24) is 35.2 Å². The van der Waals surface area contributed by atoms with E-state index in [0.717, 1.165) is 68.2 Å². The second kappa shape index (κ2) is 15.7. The fourth-order valence-corrected chi connectivity index (χ4v) is 6.57. The summed E-state index contributed by atoms with van der Waals surface area (Å²) in [4.78, 5) is 35.1. The van der Waals surface area contributed by atoms with Crippen molar-refractivity contribution in [1.29, 1.82) is 0 Å². The van der Waals surface area contributed by atoms with E-state index in [1.165, 1.54) is 12.0 Å². The van der Waals surface area contributed by atoms with Crippen LogP contribution in [0.2, 0.25) is 0 Å². The summed E-state index contributed by atoms with van der Waals surface area (Å²) in [6.45, 7) is 7.51. The van der Waals surface area contributed by atoms with Gasteiger partial charge in [-0.05, 0) is 107 Å². The number of likely N-dealkylation sites (N-methyl/N-ethyl adjacent to an activating group) is 1. The highest BCUT2D eigenvalue weighted by atomic mass is 19.1. The Labute approximate surface area is 287 Å². The Hall–Kier alpha value is -4.61. The smallest absolute Gasteiger partial charge is 0.272 e. The predicted octanol–water partition coefficient (Wildman–Crippen LogP) is 5.37. The highest BCUT2D eigenvalue weighted by Gasteiger charge is 2.26. The number of amides is 2. The molecule has 4 aromatic rings. The number of carbonyl (C=O) groups is 2. The minimum absolute atomic E-state index is 0.00659. The third-order valence-corrected chi connectivity index (χ3v) is 9.67. The van der Waals surface area contributed by atoms with E-state index in [1.807, 2.05) is 25.1 Å². The SMILES string of the molecule is Cc1cc(C(=O)N[C@H]2CC[C@@H](NC(=O)c3cc(F)cnc3Oc3cccc(-c4ccc(CCN5CCCN(C)CC5)cc4)c3)CC2)nn1C. The number of pyridine rings is 1. The van der Waals surface area contributed by atoms with E-state index in [-0.39, 0.29) is 29.4 Å². The molecule has 2 aromatic carbocycles. The van der Waals surface area contributed by atoms with E-state index in [1.54, 1.807) is 23.9 Å². The van der Waals surface area contributed by atoms with Gasteiger partial charge in [-0.25, -0.2) is 9.37 Å². The molecule has 2 fully saturated rings. The molecule has 0 bridgehead atoms. The van der Waals surface area contributed by atoms with Crippen LogP contribution in [0.25, 0.3) is 11.1 Å². The highest BCUT2D eigenvalue weighted by molar-refractivity contribution is 5.96. The number of nitrogens with zero attached hydrogens (tertiary/aromatic N) is 5. The van der Waals surface area contributed by atoms with Crippen LogP contribution in [-0.4, -0.2) is 88.2 Å². The van der Waals surface area contributed by atoms with E-state index in [2.05, 4.69) is 61.8 Å². The number of halogens is 1. The summed E-state index contributed by atoms with van der Waals surface area (Å²) in [5, 5.41) is 10.3. The lowest BCUT2D eigenvalue weighted by Gasteiger charge is -2.29. The van der Waals surface area contributed by atoms with Gasteiger partial charge >= 0.3 is 0 Å². The average molecular weight is 668 g/mol. The van der Waals surface area contributed by atoms with Crippen molar-refractivity contribution in [3.8, 4) is 22.8 Å². The maximum atomic E-state index is 14.3. The fourth-order valence-electron chi connectivity index (χ4n) is 6.57. The zero-order chi connectivity index (χ0) is 34.3. The van der Waals surface area contributed by atoms with Gasteiger partial charge in [0, 0.05) is 44.5 Å². The third-order valence-electron chi connectivity index (χ3n) is 9.67. The number of hydrogen-bond acceptors (Lipinski definition) is 7. The molecule has 10 nitrogen and oxygen atoms in total. The largest absolute Gasteiger partial charge is 0.438 e. The van der Waals surface area contributed by atoms with Crippen LogP contribution in [0.1, 0.15) is 64.2 Å². The van der Waals surface area contributed by atoms with Crippen molar-refractivity contribution in [3.05, 3.63) is 95.2 Å². The summed E-state index contributed by atoms with van der Waals surface area (Å²) in [5.41, 5.74) is 4.66. The first-order chi connectivity index (χ1) is 23.7. The van der Waals surface area contributed by atoms with Gasteiger partial charge in [0.1, 0.15) is 22.8 Å². The molecule has 258 valence electrons. The summed E-state index contributed by atoms with van der Waals surface area (Å²) in [5.74, 6) is -0.724. The number of carbonyl (C=O) groups excluding carboxylic acids is 2. The Balaban J connectivity index is 1.04. The number of ether oxygens (including phenoxy) is 1. The maximum absolute atomic E-state index is 14.3. The lowest BCUT2D eigenvalue weighted by Crippen LogP contribution is -2.44. The highest BCUT2D eigenvalue weighted by Crippen LogP contribution is 2.29. The van der Waals surface area contributed by atoms with Crippen molar-refractivity contribution in [2.24, 2.45) is 7.05 Å². The molecule has 0 radical (unpaired) electrons. The molecule has 11 heteroatoms. The Bertz CT molecular complexity index is 1730. The standard InChI is InChI=1S/C38H46FN7O3/c1-26-22-35(43-45(26)3)37(48)42-32-14-12-31(13-15-32)41-36(47)34-24-30(39)25-40-38(34)49-33-7-4-6-29(23-33)28-10-8-27(9-11-28)16-19-46-18-5-17-44(2)20-21-46/h4,6-11,22-25,31-32H,5,12-21H2,1-3H3,(H,41,47)(H,42,48)/t31-,32+. The molecule has 1 saturated carbocycles. The predicted molar refractivity (Wildman–Crippen MR) is 187 cm³/mol. The normalized spacial score (nSPS) is 18.9. The summed E-state index contributed by atoms with van der Waals surface area (Å²) in [7, 11) is 4.00. The maximum Gasteiger partial charge on any atom is 0.272 e. The first kappa shape index (κ1) is 34.3. The molecular formula is C38H46FN7O3. The molecule has 6 rings (SSSR count). The molecule has 3 heterocycles. The van der Waals surface area contributed by atoms with Crippen LogP contribution in [0.3, 0.4) is 0 Å². The summed E-state index contributed by atoms with van der Waals surface area (Å²) in [6.07, 6.45) is 6.04. The average Bonchev–Trinajstić information content (AvgIpc) is 3.30. The second-order valence-corrected chi connectivity index (χ2v) is 13.4. The molecule has 2 amide bonds. The van der Waals surface area contributed by atoms with E-state index >= 15 is 0 Å². The number of aromatic nitrogens is 3. The lowest BCUT2D eigenvalue weighted by molar-refractivity contribution is 0.0887. The Morgan fingerprint density at radius 3 is 2.33 bits per heavy atom. The van der Waals surface area contributed by atoms with Gasteiger partial charge in [0.25, 0.3) is 11.8 Å². The number of hydrogen-bond donors (Lipinski definition) is 2. The van der Waals surface area contributed by atoms with E-state index in [4.69, 9.17) is 4.74 Å². The van der Waals surface area contributed by atoms with Gasteiger partial charge < -0.3 is 25.2 Å². The van der Waals surface area contributed by atoms with Crippen molar-refractivity contribution >= 4 is 11.8 Å². The van der Waals surface area contributed by atoms with Gasteiger partial charge in [-0.1, -0.05) is 36.4 Å².